The van der Waals surface area contributed by atoms with E-state index in [0.29, 0.717) is 6.04 Å². The Morgan fingerprint density at radius 3 is 2.33 bits per heavy atom. The van der Waals surface area contributed by atoms with Gasteiger partial charge in [0.1, 0.15) is 5.54 Å². The summed E-state index contributed by atoms with van der Waals surface area (Å²) in [6, 6.07) is 0.457. The van der Waals surface area contributed by atoms with E-state index >= 15 is 0 Å². The molecule has 2 aliphatic rings. The SMILES string of the molecule is CC1(C)CCCCC1(NC1CC1)C(=O)O. The van der Waals surface area contributed by atoms with Crippen LogP contribution in [0.25, 0.3) is 0 Å². The summed E-state index contributed by atoms with van der Waals surface area (Å²) in [5.41, 5.74) is -0.800. The van der Waals surface area contributed by atoms with Crippen molar-refractivity contribution in [3.63, 3.8) is 0 Å². The maximum Gasteiger partial charge on any atom is 0.324 e. The van der Waals surface area contributed by atoms with Crippen molar-refractivity contribution in [2.75, 3.05) is 0 Å². The van der Waals surface area contributed by atoms with Crippen LogP contribution < -0.4 is 5.32 Å². The van der Waals surface area contributed by atoms with Crippen LogP contribution in [-0.4, -0.2) is 22.7 Å². The molecule has 0 aromatic heterocycles. The van der Waals surface area contributed by atoms with E-state index in [-0.39, 0.29) is 5.41 Å². The molecule has 3 nitrogen and oxygen atoms in total. The first kappa shape index (κ1) is 10.9. The van der Waals surface area contributed by atoms with Crippen LogP contribution in [0.2, 0.25) is 0 Å². The van der Waals surface area contributed by atoms with Gasteiger partial charge in [-0.3, -0.25) is 10.1 Å². The van der Waals surface area contributed by atoms with Crippen molar-refractivity contribution >= 4 is 5.97 Å². The quantitative estimate of drug-likeness (QED) is 0.752. The minimum absolute atomic E-state index is 0.125. The van der Waals surface area contributed by atoms with Gasteiger partial charge in [0.05, 0.1) is 0 Å². The number of carboxylic acid groups (broad SMARTS) is 1. The molecule has 0 aromatic rings. The second-order valence-electron chi connectivity index (χ2n) is 5.72. The molecule has 2 rings (SSSR count). The van der Waals surface area contributed by atoms with Crippen molar-refractivity contribution in [1.29, 1.82) is 0 Å². The number of carbonyl (C=O) groups is 1. The second-order valence-corrected chi connectivity index (χ2v) is 5.72. The first-order valence-corrected chi connectivity index (χ1v) is 5.99. The summed E-state index contributed by atoms with van der Waals surface area (Å²) in [6.45, 7) is 4.19. The Hall–Kier alpha value is -0.570. The molecule has 0 bridgehead atoms. The van der Waals surface area contributed by atoms with E-state index in [2.05, 4.69) is 19.2 Å². The molecule has 0 aliphatic heterocycles. The number of rotatable bonds is 3. The molecule has 0 spiro atoms. The average Bonchev–Trinajstić information content (AvgIpc) is 2.92. The molecule has 3 heteroatoms. The van der Waals surface area contributed by atoms with Crippen LogP contribution in [0.1, 0.15) is 52.4 Å². The molecule has 2 N–H and O–H groups in total. The van der Waals surface area contributed by atoms with Gasteiger partial charge in [0.2, 0.25) is 0 Å². The molecule has 1 unspecified atom stereocenters. The van der Waals surface area contributed by atoms with Crippen LogP contribution in [-0.2, 0) is 4.79 Å². The van der Waals surface area contributed by atoms with E-state index in [1.165, 1.54) is 0 Å². The number of carboxylic acids is 1. The maximum absolute atomic E-state index is 11.6. The summed E-state index contributed by atoms with van der Waals surface area (Å²) in [5.74, 6) is -0.654. The number of hydrogen-bond donors (Lipinski definition) is 2. The van der Waals surface area contributed by atoms with Crippen LogP contribution in [0.4, 0.5) is 0 Å². The molecule has 0 saturated heterocycles. The molecular weight excluding hydrogens is 190 g/mol. The molecule has 0 radical (unpaired) electrons. The Bertz CT molecular complexity index is 271. The zero-order valence-corrected chi connectivity index (χ0v) is 9.68. The number of aliphatic carboxylic acids is 1. The normalized spacial score (nSPS) is 35.1. The zero-order valence-electron chi connectivity index (χ0n) is 9.68. The molecule has 1 atom stereocenters. The minimum Gasteiger partial charge on any atom is -0.480 e. The van der Waals surface area contributed by atoms with E-state index in [1.54, 1.807) is 0 Å². The van der Waals surface area contributed by atoms with Crippen LogP contribution in [0.3, 0.4) is 0 Å². The van der Waals surface area contributed by atoms with Crippen LogP contribution in [0.5, 0.6) is 0 Å². The van der Waals surface area contributed by atoms with E-state index in [0.717, 1.165) is 38.5 Å². The van der Waals surface area contributed by atoms with E-state index in [1.807, 2.05) is 0 Å². The highest BCUT2D eigenvalue weighted by Gasteiger charge is 2.54. The first-order valence-electron chi connectivity index (χ1n) is 5.99. The summed E-state index contributed by atoms with van der Waals surface area (Å²) in [4.78, 5) is 11.6. The standard InChI is InChI=1S/C12H21NO2/c1-11(2)7-3-4-8-12(11,10(14)15)13-9-5-6-9/h9,13H,3-8H2,1-2H3,(H,14,15). The minimum atomic E-state index is -0.674. The smallest absolute Gasteiger partial charge is 0.324 e. The molecule has 0 aromatic carbocycles. The predicted octanol–water partition coefficient (Wildman–Crippen LogP) is 2.16. The fraction of sp³-hybridized carbons (Fsp3) is 0.917. The fourth-order valence-electron chi connectivity index (χ4n) is 2.81. The second kappa shape index (κ2) is 3.48. The summed E-state index contributed by atoms with van der Waals surface area (Å²) in [7, 11) is 0. The van der Waals surface area contributed by atoms with Crippen LogP contribution in [0.15, 0.2) is 0 Å². The first-order chi connectivity index (χ1) is 6.98. The van der Waals surface area contributed by atoms with E-state index in [9.17, 15) is 9.90 Å². The highest BCUT2D eigenvalue weighted by Crippen LogP contribution is 2.45. The Kier molecular flexibility index (Phi) is 2.53. The topological polar surface area (TPSA) is 49.3 Å². The van der Waals surface area contributed by atoms with E-state index in [4.69, 9.17) is 0 Å². The van der Waals surface area contributed by atoms with Gasteiger partial charge in [0.15, 0.2) is 0 Å². The third-order valence-corrected chi connectivity index (χ3v) is 4.15. The van der Waals surface area contributed by atoms with Crippen molar-refractivity contribution in [3.8, 4) is 0 Å². The number of nitrogens with one attached hydrogen (secondary N) is 1. The van der Waals surface area contributed by atoms with Crippen LogP contribution in [0, 0.1) is 5.41 Å². The monoisotopic (exact) mass is 211 g/mol. The Labute approximate surface area is 91.2 Å². The molecule has 86 valence electrons. The van der Waals surface area contributed by atoms with Gasteiger partial charge < -0.3 is 5.11 Å². The fourth-order valence-corrected chi connectivity index (χ4v) is 2.81. The highest BCUT2D eigenvalue weighted by molar-refractivity contribution is 5.80. The van der Waals surface area contributed by atoms with Gasteiger partial charge in [-0.1, -0.05) is 26.7 Å². The zero-order chi connectivity index (χ0) is 11.1. The Balaban J connectivity index is 2.24. The molecular formula is C12H21NO2. The Morgan fingerprint density at radius 1 is 1.27 bits per heavy atom. The third-order valence-electron chi connectivity index (χ3n) is 4.15. The average molecular weight is 211 g/mol. The summed E-state index contributed by atoms with van der Waals surface area (Å²) >= 11 is 0. The highest BCUT2D eigenvalue weighted by atomic mass is 16.4. The lowest BCUT2D eigenvalue weighted by Gasteiger charge is -2.47. The molecule has 0 amide bonds. The van der Waals surface area contributed by atoms with Gasteiger partial charge in [0, 0.05) is 6.04 Å². The van der Waals surface area contributed by atoms with Crippen molar-refractivity contribution in [2.24, 2.45) is 5.41 Å². The molecule has 0 heterocycles. The predicted molar refractivity (Wildman–Crippen MR) is 58.8 cm³/mol. The summed E-state index contributed by atoms with van der Waals surface area (Å²) in [6.07, 6.45) is 6.28. The van der Waals surface area contributed by atoms with Gasteiger partial charge in [0.25, 0.3) is 0 Å². The van der Waals surface area contributed by atoms with Crippen LogP contribution >= 0.6 is 0 Å². The summed E-state index contributed by atoms with van der Waals surface area (Å²) in [5, 5.41) is 12.9. The van der Waals surface area contributed by atoms with Gasteiger partial charge in [-0.05, 0) is 31.1 Å². The molecule has 15 heavy (non-hydrogen) atoms. The maximum atomic E-state index is 11.6. The molecule has 2 saturated carbocycles. The third kappa shape index (κ3) is 1.78. The summed E-state index contributed by atoms with van der Waals surface area (Å²) < 4.78 is 0. The van der Waals surface area contributed by atoms with Crippen molar-refractivity contribution < 1.29 is 9.90 Å². The lowest BCUT2D eigenvalue weighted by Crippen LogP contribution is -2.63. The lowest BCUT2D eigenvalue weighted by atomic mass is 9.63. The van der Waals surface area contributed by atoms with E-state index < -0.39 is 11.5 Å². The van der Waals surface area contributed by atoms with Gasteiger partial charge >= 0.3 is 5.97 Å². The van der Waals surface area contributed by atoms with Crippen molar-refractivity contribution in [1.82, 2.24) is 5.32 Å². The van der Waals surface area contributed by atoms with Gasteiger partial charge in [-0.2, -0.15) is 0 Å². The van der Waals surface area contributed by atoms with Gasteiger partial charge in [-0.15, -0.1) is 0 Å². The van der Waals surface area contributed by atoms with Crippen molar-refractivity contribution in [2.45, 2.75) is 64.0 Å². The Morgan fingerprint density at radius 2 is 1.87 bits per heavy atom. The lowest BCUT2D eigenvalue weighted by molar-refractivity contribution is -0.153. The largest absolute Gasteiger partial charge is 0.480 e. The molecule has 2 fully saturated rings. The number of hydrogen-bond acceptors (Lipinski definition) is 2. The van der Waals surface area contributed by atoms with Gasteiger partial charge in [-0.25, -0.2) is 0 Å². The van der Waals surface area contributed by atoms with Crippen molar-refractivity contribution in [3.05, 3.63) is 0 Å². The molecule has 2 aliphatic carbocycles.